The molecule has 0 amide bonds. The van der Waals surface area contributed by atoms with Gasteiger partial charge in [0.15, 0.2) is 0 Å². The van der Waals surface area contributed by atoms with Gasteiger partial charge < -0.3 is 5.73 Å². The SMILES string of the molecule is Nc1nc2cc(I)c(F)cc2n1-c1c(F)cccc1F. The maximum Gasteiger partial charge on any atom is 0.206 e. The van der Waals surface area contributed by atoms with Gasteiger partial charge in [0.25, 0.3) is 0 Å². The molecule has 3 rings (SSSR count). The minimum Gasteiger partial charge on any atom is -0.369 e. The first kappa shape index (κ1) is 13.2. The largest absolute Gasteiger partial charge is 0.369 e. The summed E-state index contributed by atoms with van der Waals surface area (Å²) in [5.41, 5.74) is 5.93. The Hall–Kier alpha value is -1.77. The van der Waals surface area contributed by atoms with E-state index in [1.54, 1.807) is 0 Å². The number of aromatic nitrogens is 2. The molecule has 2 aromatic carbocycles. The fourth-order valence-corrected chi connectivity index (χ4v) is 2.48. The van der Waals surface area contributed by atoms with Gasteiger partial charge in [0, 0.05) is 6.07 Å². The van der Waals surface area contributed by atoms with Crippen LogP contribution in [0.3, 0.4) is 0 Å². The monoisotopic (exact) mass is 389 g/mol. The normalized spacial score (nSPS) is 11.2. The topological polar surface area (TPSA) is 43.8 Å². The zero-order chi connectivity index (χ0) is 14.4. The van der Waals surface area contributed by atoms with Gasteiger partial charge in [0.2, 0.25) is 5.95 Å². The molecule has 3 aromatic rings. The van der Waals surface area contributed by atoms with Crippen molar-refractivity contribution in [1.82, 2.24) is 9.55 Å². The Kier molecular flexibility index (Phi) is 3.08. The molecule has 0 aliphatic rings. The lowest BCUT2D eigenvalue weighted by atomic mass is 10.2. The number of fused-ring (bicyclic) bond motifs is 1. The van der Waals surface area contributed by atoms with Crippen LogP contribution in [0.2, 0.25) is 0 Å². The van der Waals surface area contributed by atoms with Crippen LogP contribution in [-0.2, 0) is 0 Å². The zero-order valence-electron chi connectivity index (χ0n) is 9.87. The fraction of sp³-hybridized carbons (Fsp3) is 0. The maximum atomic E-state index is 13.9. The molecule has 0 radical (unpaired) electrons. The first-order chi connectivity index (χ1) is 9.49. The van der Waals surface area contributed by atoms with Gasteiger partial charge in [-0.3, -0.25) is 4.57 Å². The summed E-state index contributed by atoms with van der Waals surface area (Å²) in [4.78, 5) is 4.01. The van der Waals surface area contributed by atoms with Crippen molar-refractivity contribution in [2.45, 2.75) is 0 Å². The number of imidazole rings is 1. The highest BCUT2D eigenvalue weighted by Crippen LogP contribution is 2.28. The molecule has 0 aliphatic heterocycles. The number of rotatable bonds is 1. The minimum absolute atomic E-state index is 0.106. The van der Waals surface area contributed by atoms with E-state index in [4.69, 9.17) is 5.73 Å². The van der Waals surface area contributed by atoms with E-state index in [2.05, 4.69) is 4.98 Å². The number of nitrogens with zero attached hydrogens (tertiary/aromatic N) is 2. The number of anilines is 1. The molecule has 0 atom stereocenters. The van der Waals surface area contributed by atoms with Gasteiger partial charge in [-0.1, -0.05) is 6.07 Å². The lowest BCUT2D eigenvalue weighted by Gasteiger charge is -2.09. The van der Waals surface area contributed by atoms with Crippen LogP contribution in [-0.4, -0.2) is 9.55 Å². The third-order valence-electron chi connectivity index (χ3n) is 2.88. The molecular weight excluding hydrogens is 382 g/mol. The van der Waals surface area contributed by atoms with Crippen LogP contribution in [0.5, 0.6) is 0 Å². The highest BCUT2D eigenvalue weighted by atomic mass is 127. The van der Waals surface area contributed by atoms with Gasteiger partial charge in [-0.2, -0.15) is 0 Å². The Morgan fingerprint density at radius 1 is 1.05 bits per heavy atom. The number of para-hydroxylation sites is 1. The first-order valence-electron chi connectivity index (χ1n) is 5.56. The second kappa shape index (κ2) is 4.65. The van der Waals surface area contributed by atoms with Crippen molar-refractivity contribution < 1.29 is 13.2 Å². The third-order valence-corrected chi connectivity index (χ3v) is 3.71. The second-order valence-electron chi connectivity index (χ2n) is 4.13. The molecule has 0 fully saturated rings. The Labute approximate surface area is 125 Å². The van der Waals surface area contributed by atoms with E-state index < -0.39 is 17.5 Å². The summed E-state index contributed by atoms with van der Waals surface area (Å²) in [5, 5.41) is 0. The summed E-state index contributed by atoms with van der Waals surface area (Å²) < 4.78 is 42.8. The molecule has 0 saturated heterocycles. The average molecular weight is 389 g/mol. The van der Waals surface area contributed by atoms with Crippen molar-refractivity contribution in [3.05, 3.63) is 51.4 Å². The van der Waals surface area contributed by atoms with E-state index >= 15 is 0 Å². The van der Waals surface area contributed by atoms with Crippen molar-refractivity contribution in [3.8, 4) is 5.69 Å². The van der Waals surface area contributed by atoms with Gasteiger partial charge in [-0.25, -0.2) is 18.2 Å². The van der Waals surface area contributed by atoms with Gasteiger partial charge in [0.05, 0.1) is 14.6 Å². The van der Waals surface area contributed by atoms with Gasteiger partial charge >= 0.3 is 0 Å². The minimum atomic E-state index is -0.796. The first-order valence-corrected chi connectivity index (χ1v) is 6.64. The van der Waals surface area contributed by atoms with Crippen molar-refractivity contribution in [1.29, 1.82) is 0 Å². The highest BCUT2D eigenvalue weighted by Gasteiger charge is 2.18. The van der Waals surface area contributed by atoms with E-state index in [9.17, 15) is 13.2 Å². The molecule has 7 heteroatoms. The molecule has 20 heavy (non-hydrogen) atoms. The molecule has 0 aliphatic carbocycles. The van der Waals surface area contributed by atoms with E-state index in [0.29, 0.717) is 9.09 Å². The number of nitrogen functional groups attached to an aromatic ring is 1. The summed E-state index contributed by atoms with van der Waals surface area (Å²) in [5.74, 6) is -2.20. The number of nitrogens with two attached hydrogens (primary N) is 1. The van der Waals surface area contributed by atoms with Crippen molar-refractivity contribution >= 4 is 39.6 Å². The Morgan fingerprint density at radius 2 is 1.70 bits per heavy atom. The predicted molar refractivity (Wildman–Crippen MR) is 78.1 cm³/mol. The molecule has 0 unspecified atom stereocenters. The Morgan fingerprint density at radius 3 is 2.35 bits per heavy atom. The van der Waals surface area contributed by atoms with E-state index in [-0.39, 0.29) is 17.2 Å². The van der Waals surface area contributed by atoms with E-state index in [1.165, 1.54) is 12.1 Å². The van der Waals surface area contributed by atoms with Crippen molar-refractivity contribution in [2.24, 2.45) is 0 Å². The van der Waals surface area contributed by atoms with Crippen LogP contribution < -0.4 is 5.73 Å². The van der Waals surface area contributed by atoms with E-state index in [0.717, 1.165) is 22.8 Å². The van der Waals surface area contributed by atoms with Crippen LogP contribution in [0.1, 0.15) is 0 Å². The standard InChI is InChI=1S/C13H7F3IN3/c14-6-2-1-3-7(15)12(6)20-11-4-8(16)9(17)5-10(11)19-13(20)18/h1-5H,(H2,18,19). The van der Waals surface area contributed by atoms with Crippen molar-refractivity contribution in [2.75, 3.05) is 5.73 Å². The Bertz CT molecular complexity index is 809. The summed E-state index contributed by atoms with van der Waals surface area (Å²) in [6, 6.07) is 6.08. The maximum absolute atomic E-state index is 13.9. The second-order valence-corrected chi connectivity index (χ2v) is 5.29. The molecular formula is C13H7F3IN3. The van der Waals surface area contributed by atoms with Gasteiger partial charge in [-0.05, 0) is 40.8 Å². The van der Waals surface area contributed by atoms with Crippen molar-refractivity contribution in [3.63, 3.8) is 0 Å². The average Bonchev–Trinajstić information content (AvgIpc) is 2.67. The summed E-state index contributed by atoms with van der Waals surface area (Å²) in [7, 11) is 0. The number of benzene rings is 2. The molecule has 3 nitrogen and oxygen atoms in total. The number of hydrogen-bond acceptors (Lipinski definition) is 2. The number of halogens is 4. The molecule has 0 saturated carbocycles. The smallest absolute Gasteiger partial charge is 0.206 e. The van der Waals surface area contributed by atoms with Crippen LogP contribution in [0.4, 0.5) is 19.1 Å². The molecule has 2 N–H and O–H groups in total. The molecule has 1 heterocycles. The van der Waals surface area contributed by atoms with Gasteiger partial charge in [-0.15, -0.1) is 0 Å². The molecule has 102 valence electrons. The summed E-state index contributed by atoms with van der Waals surface area (Å²) in [6.07, 6.45) is 0. The highest BCUT2D eigenvalue weighted by molar-refractivity contribution is 14.1. The predicted octanol–water partition coefficient (Wildman–Crippen LogP) is 3.63. The molecule has 0 spiro atoms. The summed E-state index contributed by atoms with van der Waals surface area (Å²) >= 11 is 1.81. The van der Waals surface area contributed by atoms with Crippen LogP contribution in [0.15, 0.2) is 30.3 Å². The molecule has 1 aromatic heterocycles. The fourth-order valence-electron chi connectivity index (χ4n) is 2.03. The van der Waals surface area contributed by atoms with Crippen LogP contribution in [0, 0.1) is 21.0 Å². The molecule has 0 bridgehead atoms. The quantitative estimate of drug-likeness (QED) is 0.647. The van der Waals surface area contributed by atoms with Crippen LogP contribution in [0.25, 0.3) is 16.7 Å². The van der Waals surface area contributed by atoms with Gasteiger partial charge in [0.1, 0.15) is 23.1 Å². The van der Waals surface area contributed by atoms with Crippen LogP contribution >= 0.6 is 22.6 Å². The lowest BCUT2D eigenvalue weighted by Crippen LogP contribution is -2.05. The third kappa shape index (κ3) is 1.92. The zero-order valence-corrected chi connectivity index (χ0v) is 12.0. The Balaban J connectivity index is 2.42. The summed E-state index contributed by atoms with van der Waals surface area (Å²) in [6.45, 7) is 0. The van der Waals surface area contributed by atoms with E-state index in [1.807, 2.05) is 22.6 Å². The number of hydrogen-bond donors (Lipinski definition) is 1. The lowest BCUT2D eigenvalue weighted by molar-refractivity contribution is 0.571.